The number of phenolic OH excluding ortho intramolecular Hbond substituents is 2. The molecule has 172 valence electrons. The molecule has 0 heterocycles. The van der Waals surface area contributed by atoms with Crippen LogP contribution in [0, 0.1) is 6.92 Å². The molecule has 0 fully saturated rings. The lowest BCUT2D eigenvalue weighted by atomic mass is 9.94. The Bertz CT molecular complexity index is 1280. The van der Waals surface area contributed by atoms with Crippen molar-refractivity contribution in [1.29, 1.82) is 0 Å². The van der Waals surface area contributed by atoms with Gasteiger partial charge in [-0.15, -0.1) is 0 Å². The van der Waals surface area contributed by atoms with E-state index in [0.29, 0.717) is 46.6 Å². The minimum atomic E-state index is 0.121. The van der Waals surface area contributed by atoms with E-state index >= 15 is 0 Å². The molecule has 0 bridgehead atoms. The highest BCUT2D eigenvalue weighted by Crippen LogP contribution is 2.48. The molecule has 33 heavy (non-hydrogen) atoms. The smallest absolute Gasteiger partial charge is 0.131 e. The molecule has 0 saturated carbocycles. The van der Waals surface area contributed by atoms with E-state index in [1.165, 1.54) is 0 Å². The van der Waals surface area contributed by atoms with E-state index in [2.05, 4.69) is 13.8 Å². The minimum Gasteiger partial charge on any atom is -0.507 e. The van der Waals surface area contributed by atoms with Crippen LogP contribution in [0.4, 0.5) is 0 Å². The van der Waals surface area contributed by atoms with Gasteiger partial charge in [0.25, 0.3) is 0 Å². The van der Waals surface area contributed by atoms with Gasteiger partial charge >= 0.3 is 0 Å². The van der Waals surface area contributed by atoms with Crippen molar-refractivity contribution >= 4 is 21.5 Å². The van der Waals surface area contributed by atoms with Crippen LogP contribution in [0.3, 0.4) is 0 Å². The van der Waals surface area contributed by atoms with Crippen LogP contribution in [0.15, 0.2) is 54.6 Å². The molecule has 0 saturated heterocycles. The third-order valence-corrected chi connectivity index (χ3v) is 6.01. The first-order valence-electron chi connectivity index (χ1n) is 11.8. The minimum absolute atomic E-state index is 0.121. The number of ether oxygens (including phenoxy) is 2. The van der Waals surface area contributed by atoms with E-state index in [4.69, 9.17) is 9.47 Å². The Kier molecular flexibility index (Phi) is 6.93. The molecule has 0 atom stereocenters. The molecule has 0 aliphatic heterocycles. The van der Waals surface area contributed by atoms with Crippen LogP contribution in [0.1, 0.15) is 45.1 Å². The van der Waals surface area contributed by atoms with Gasteiger partial charge in [-0.05, 0) is 38.0 Å². The van der Waals surface area contributed by atoms with E-state index in [1.54, 1.807) is 0 Å². The maximum atomic E-state index is 11.3. The molecular formula is C29H32O4. The fraction of sp³-hybridized carbons (Fsp3) is 0.310. The quantitative estimate of drug-likeness (QED) is 0.259. The summed E-state index contributed by atoms with van der Waals surface area (Å²) in [6.45, 7) is 7.44. The predicted molar refractivity (Wildman–Crippen MR) is 136 cm³/mol. The van der Waals surface area contributed by atoms with Gasteiger partial charge in [-0.2, -0.15) is 0 Å². The van der Waals surface area contributed by atoms with Crippen LogP contribution in [0.2, 0.25) is 0 Å². The van der Waals surface area contributed by atoms with Crippen molar-refractivity contribution in [2.45, 2.75) is 46.5 Å². The summed E-state index contributed by atoms with van der Waals surface area (Å²) in [6.07, 6.45) is 3.96. The fourth-order valence-corrected chi connectivity index (χ4v) is 4.12. The lowest BCUT2D eigenvalue weighted by Crippen LogP contribution is -1.99. The van der Waals surface area contributed by atoms with E-state index < -0.39 is 0 Å². The van der Waals surface area contributed by atoms with Crippen molar-refractivity contribution in [3.05, 3.63) is 60.2 Å². The zero-order valence-corrected chi connectivity index (χ0v) is 19.6. The van der Waals surface area contributed by atoms with Crippen molar-refractivity contribution < 1.29 is 19.7 Å². The van der Waals surface area contributed by atoms with Gasteiger partial charge in [0.1, 0.15) is 23.0 Å². The van der Waals surface area contributed by atoms with Crippen molar-refractivity contribution in [2.24, 2.45) is 0 Å². The van der Waals surface area contributed by atoms with Crippen LogP contribution in [-0.2, 0) is 0 Å². The molecule has 0 unspecified atom stereocenters. The van der Waals surface area contributed by atoms with Crippen molar-refractivity contribution in [3.63, 3.8) is 0 Å². The Morgan fingerprint density at radius 3 is 1.73 bits per heavy atom. The number of unbranched alkanes of at least 4 members (excludes halogenated alkanes) is 2. The highest BCUT2D eigenvalue weighted by molar-refractivity contribution is 6.04. The third kappa shape index (κ3) is 4.56. The van der Waals surface area contributed by atoms with Crippen LogP contribution >= 0.6 is 0 Å². The van der Waals surface area contributed by atoms with Gasteiger partial charge in [0.2, 0.25) is 0 Å². The number of benzene rings is 4. The van der Waals surface area contributed by atoms with Crippen LogP contribution in [-0.4, -0.2) is 23.4 Å². The predicted octanol–water partition coefficient (Wildman–Crippen LogP) is 7.74. The highest BCUT2D eigenvalue weighted by Gasteiger charge is 2.20. The standard InChI is InChI=1S/C29H32O4/c1-4-6-14-32-26-17-24(28(30)22-11-9-8-10-20(22)26)25-18-27(33-15-7-5-2)21-13-12-19(3)16-23(21)29(25)31/h8-13,16-18,30-31H,4-7,14-15H2,1-3H3. The molecule has 4 nitrogen and oxygen atoms in total. The number of aryl methyl sites for hydroxylation is 1. The van der Waals surface area contributed by atoms with E-state index in [9.17, 15) is 10.2 Å². The zero-order chi connectivity index (χ0) is 23.4. The average molecular weight is 445 g/mol. The number of hydrogen-bond donors (Lipinski definition) is 2. The fourth-order valence-electron chi connectivity index (χ4n) is 4.12. The summed E-state index contributed by atoms with van der Waals surface area (Å²) in [4.78, 5) is 0. The third-order valence-electron chi connectivity index (χ3n) is 6.01. The van der Waals surface area contributed by atoms with Gasteiger partial charge in [-0.1, -0.05) is 68.7 Å². The first-order chi connectivity index (χ1) is 16.0. The van der Waals surface area contributed by atoms with Gasteiger partial charge in [0, 0.05) is 32.7 Å². The van der Waals surface area contributed by atoms with Crippen LogP contribution < -0.4 is 9.47 Å². The normalized spacial score (nSPS) is 11.2. The van der Waals surface area contributed by atoms with Gasteiger partial charge in [-0.3, -0.25) is 0 Å². The summed E-state index contributed by atoms with van der Waals surface area (Å²) < 4.78 is 12.2. The number of hydrogen-bond acceptors (Lipinski definition) is 4. The SMILES string of the molecule is CCCCOc1cc(-c2cc(OCCCC)c3ccc(C)cc3c2O)c(O)c2ccccc12. The van der Waals surface area contributed by atoms with Gasteiger partial charge < -0.3 is 19.7 Å². The van der Waals surface area contributed by atoms with Gasteiger partial charge in [-0.25, -0.2) is 0 Å². The number of phenols is 2. The van der Waals surface area contributed by atoms with Crippen molar-refractivity contribution in [1.82, 2.24) is 0 Å². The summed E-state index contributed by atoms with van der Waals surface area (Å²) in [5.74, 6) is 1.65. The molecule has 0 aliphatic rings. The molecule has 4 rings (SSSR count). The zero-order valence-electron chi connectivity index (χ0n) is 19.6. The summed E-state index contributed by atoms with van der Waals surface area (Å²) in [7, 11) is 0. The second kappa shape index (κ2) is 10.0. The van der Waals surface area contributed by atoms with Crippen LogP contribution in [0.5, 0.6) is 23.0 Å². The van der Waals surface area contributed by atoms with Gasteiger partial charge in [0.05, 0.1) is 13.2 Å². The maximum absolute atomic E-state index is 11.3. The molecular weight excluding hydrogens is 412 g/mol. The Morgan fingerprint density at radius 2 is 1.15 bits per heavy atom. The molecule has 0 aliphatic carbocycles. The average Bonchev–Trinajstić information content (AvgIpc) is 2.82. The summed E-state index contributed by atoms with van der Waals surface area (Å²) in [6, 6.07) is 17.3. The van der Waals surface area contributed by atoms with E-state index in [-0.39, 0.29) is 11.5 Å². The van der Waals surface area contributed by atoms with Crippen LogP contribution in [0.25, 0.3) is 32.7 Å². The highest BCUT2D eigenvalue weighted by atomic mass is 16.5. The van der Waals surface area contributed by atoms with E-state index in [1.807, 2.05) is 61.5 Å². The first kappa shape index (κ1) is 22.8. The molecule has 0 amide bonds. The molecule has 4 aromatic carbocycles. The molecule has 0 radical (unpaired) electrons. The second-order valence-corrected chi connectivity index (χ2v) is 8.54. The van der Waals surface area contributed by atoms with E-state index in [0.717, 1.165) is 42.0 Å². The molecule has 4 aromatic rings. The maximum Gasteiger partial charge on any atom is 0.131 e. The summed E-state index contributed by atoms with van der Waals surface area (Å²) >= 11 is 0. The Hall–Kier alpha value is -3.40. The summed E-state index contributed by atoms with van der Waals surface area (Å²) in [5, 5.41) is 25.7. The monoisotopic (exact) mass is 444 g/mol. The molecule has 4 heteroatoms. The number of rotatable bonds is 9. The summed E-state index contributed by atoms with van der Waals surface area (Å²) in [5.41, 5.74) is 2.10. The molecule has 2 N–H and O–H groups in total. The Balaban J connectivity index is 1.94. The van der Waals surface area contributed by atoms with Crippen molar-refractivity contribution in [2.75, 3.05) is 13.2 Å². The second-order valence-electron chi connectivity index (χ2n) is 8.54. The Morgan fingerprint density at radius 1 is 0.636 bits per heavy atom. The topological polar surface area (TPSA) is 58.9 Å². The Labute approximate surface area is 195 Å². The number of fused-ring (bicyclic) bond motifs is 2. The first-order valence-corrected chi connectivity index (χ1v) is 11.8. The molecule has 0 spiro atoms. The molecule has 0 aromatic heterocycles. The largest absolute Gasteiger partial charge is 0.507 e. The number of aromatic hydroxyl groups is 2. The lowest BCUT2D eigenvalue weighted by molar-refractivity contribution is 0.312. The van der Waals surface area contributed by atoms with Crippen molar-refractivity contribution in [3.8, 4) is 34.1 Å². The lowest BCUT2D eigenvalue weighted by Gasteiger charge is -2.18. The van der Waals surface area contributed by atoms with Gasteiger partial charge in [0.15, 0.2) is 0 Å².